The monoisotopic (exact) mass is 676 g/mol. The Morgan fingerprint density at radius 2 is 1.10 bits per heavy atom. The molecule has 2 heterocycles. The number of hydrogen-bond donors (Lipinski definition) is 0. The number of likely N-dealkylation sites (tertiary alicyclic amines) is 2. The second kappa shape index (κ2) is 22.8. The minimum atomic E-state index is -3.22. The normalized spacial score (nSPS) is 19.8. The Bertz CT molecular complexity index is 407. The van der Waals surface area contributed by atoms with Gasteiger partial charge in [-0.1, -0.05) is 27.7 Å². The Morgan fingerprint density at radius 1 is 0.806 bits per heavy atom. The summed E-state index contributed by atoms with van der Waals surface area (Å²) in [5.41, 5.74) is 0. The standard InChI is InChI=1S/C11H23N.C10H20ClN.Cl3OP.HI.K/c1-10(2)4-7-12-8-5-11(3)6-9-12;1-9-3-6-12(7-4-9)8-5-10(2)11;1-5(2,3)4;;/h10-11H,4-9H2,1-3H3;9-10H,3-8H2,1-2H3;;1H;/q;;;;+1/p-1. The zero-order chi connectivity index (χ0) is 22.4. The summed E-state index contributed by atoms with van der Waals surface area (Å²) in [5.74, 6) is 2.78. The van der Waals surface area contributed by atoms with Gasteiger partial charge in [-0.2, -0.15) is 0 Å². The number of rotatable bonds is 6. The Balaban J connectivity index is -0.000000397. The van der Waals surface area contributed by atoms with Crippen LogP contribution >= 0.6 is 50.5 Å². The third kappa shape index (κ3) is 29.8. The molecule has 1 atom stereocenters. The van der Waals surface area contributed by atoms with Crippen molar-refractivity contribution in [3.05, 3.63) is 0 Å². The van der Waals surface area contributed by atoms with Gasteiger partial charge < -0.3 is 33.8 Å². The van der Waals surface area contributed by atoms with Crippen molar-refractivity contribution in [2.24, 2.45) is 17.8 Å². The van der Waals surface area contributed by atoms with E-state index >= 15 is 0 Å². The molecule has 0 radical (unpaired) electrons. The Labute approximate surface area is 272 Å². The van der Waals surface area contributed by atoms with E-state index in [1.54, 1.807) is 0 Å². The van der Waals surface area contributed by atoms with Gasteiger partial charge in [0.05, 0.1) is 0 Å². The van der Waals surface area contributed by atoms with Crippen LogP contribution in [0, 0.1) is 17.8 Å². The van der Waals surface area contributed by atoms with E-state index in [0.29, 0.717) is 5.38 Å². The molecule has 2 fully saturated rings. The van der Waals surface area contributed by atoms with Crippen molar-refractivity contribution in [2.45, 2.75) is 78.5 Å². The average molecular weight is 678 g/mol. The fourth-order valence-electron chi connectivity index (χ4n) is 3.37. The molecule has 31 heavy (non-hydrogen) atoms. The first-order valence-electron chi connectivity index (χ1n) is 11.1. The van der Waals surface area contributed by atoms with E-state index in [1.165, 1.54) is 71.4 Å². The van der Waals surface area contributed by atoms with Crippen LogP contribution in [-0.2, 0) is 4.57 Å². The van der Waals surface area contributed by atoms with E-state index in [-0.39, 0.29) is 75.4 Å². The number of nitrogens with zero attached hydrogens (tertiary/aromatic N) is 2. The van der Waals surface area contributed by atoms with Gasteiger partial charge in [0.2, 0.25) is 0 Å². The Morgan fingerprint density at radius 3 is 1.35 bits per heavy atom. The quantitative estimate of drug-likeness (QED) is 0.187. The van der Waals surface area contributed by atoms with Crippen LogP contribution in [0.4, 0.5) is 0 Å². The van der Waals surface area contributed by atoms with Gasteiger partial charge in [0.25, 0.3) is 0 Å². The summed E-state index contributed by atoms with van der Waals surface area (Å²) in [7, 11) is 0. The molecule has 0 N–H and O–H groups in total. The minimum absolute atomic E-state index is 0. The Kier molecular flexibility index (Phi) is 28.9. The number of hydrogen-bond acceptors (Lipinski definition) is 3. The van der Waals surface area contributed by atoms with Crippen LogP contribution in [0.2, 0.25) is 0 Å². The van der Waals surface area contributed by atoms with Crippen molar-refractivity contribution in [1.29, 1.82) is 0 Å². The van der Waals surface area contributed by atoms with E-state index in [1.807, 2.05) is 0 Å². The summed E-state index contributed by atoms with van der Waals surface area (Å²) in [4.78, 5) is 5.17. The first-order chi connectivity index (χ1) is 13.4. The fourth-order valence-corrected chi connectivity index (χ4v) is 3.47. The van der Waals surface area contributed by atoms with Gasteiger partial charge in [-0.25, -0.2) is 0 Å². The molecule has 0 saturated carbocycles. The van der Waals surface area contributed by atoms with Crippen molar-refractivity contribution in [1.82, 2.24) is 9.80 Å². The van der Waals surface area contributed by atoms with Gasteiger partial charge in [-0.15, -0.1) is 11.6 Å². The fraction of sp³-hybridized carbons (Fsp3) is 1.00. The molecule has 2 aliphatic heterocycles. The maximum Gasteiger partial charge on any atom is 1.00 e. The van der Waals surface area contributed by atoms with Crippen molar-refractivity contribution in [3.63, 3.8) is 0 Å². The largest absolute Gasteiger partial charge is 1.00 e. The van der Waals surface area contributed by atoms with Gasteiger partial charge >= 0.3 is 56.6 Å². The molecule has 0 spiro atoms. The Hall–Kier alpha value is 3.68. The molecule has 2 saturated heterocycles. The van der Waals surface area contributed by atoms with Crippen LogP contribution in [0.3, 0.4) is 0 Å². The smallest absolute Gasteiger partial charge is 1.00 e. The average Bonchev–Trinajstić information content (AvgIpc) is 2.60. The van der Waals surface area contributed by atoms with E-state index in [9.17, 15) is 4.57 Å². The van der Waals surface area contributed by atoms with Crippen molar-refractivity contribution >= 4 is 50.5 Å². The summed E-state index contributed by atoms with van der Waals surface area (Å²) in [6.07, 6.45) is 8.08. The van der Waals surface area contributed by atoms with Crippen LogP contribution in [-0.4, -0.2) is 54.4 Å². The first kappa shape index (κ1) is 39.2. The van der Waals surface area contributed by atoms with Crippen LogP contribution in [0.25, 0.3) is 0 Å². The molecule has 3 nitrogen and oxygen atoms in total. The summed E-state index contributed by atoms with van der Waals surface area (Å²) in [6, 6.07) is 0. The molecule has 1 unspecified atom stereocenters. The van der Waals surface area contributed by atoms with Crippen molar-refractivity contribution in [2.75, 3.05) is 39.3 Å². The molecule has 10 heteroatoms. The van der Waals surface area contributed by atoms with Gasteiger partial charge in [0.1, 0.15) is 0 Å². The zero-order valence-electron chi connectivity index (χ0n) is 20.4. The van der Waals surface area contributed by atoms with E-state index in [0.717, 1.165) is 24.2 Å². The van der Waals surface area contributed by atoms with Crippen molar-refractivity contribution < 1.29 is 79.9 Å². The number of halogens is 5. The third-order valence-corrected chi connectivity index (χ3v) is 5.84. The first-order valence-corrected chi connectivity index (χ1v) is 16.0. The minimum Gasteiger partial charge on any atom is -1.00 e. The number of alkyl halides is 1. The van der Waals surface area contributed by atoms with E-state index < -0.39 is 5.20 Å². The third-order valence-electron chi connectivity index (χ3n) is 5.62. The molecular weight excluding hydrogens is 635 g/mol. The molecule has 0 aliphatic carbocycles. The van der Waals surface area contributed by atoms with Gasteiger partial charge in [0.15, 0.2) is 0 Å². The second-order valence-corrected chi connectivity index (χ2v) is 16.6. The maximum absolute atomic E-state index is 9.51. The number of piperidine rings is 2. The summed E-state index contributed by atoms with van der Waals surface area (Å²) in [6.45, 7) is 19.2. The summed E-state index contributed by atoms with van der Waals surface area (Å²) < 4.78 is 9.51. The topological polar surface area (TPSA) is 23.6 Å². The van der Waals surface area contributed by atoms with Crippen LogP contribution in [0.15, 0.2) is 0 Å². The summed E-state index contributed by atoms with van der Waals surface area (Å²) in [5, 5.41) is -2.88. The molecule has 184 valence electrons. The van der Waals surface area contributed by atoms with Gasteiger partial charge in [-0.05, 0) is 136 Å². The van der Waals surface area contributed by atoms with Gasteiger partial charge in [-0.3, -0.25) is 4.57 Å². The molecule has 2 aliphatic rings. The molecule has 0 aromatic heterocycles. The van der Waals surface area contributed by atoms with E-state index in [4.69, 9.17) is 11.6 Å². The molecule has 0 amide bonds. The molecule has 0 aromatic carbocycles. The molecule has 0 aromatic rings. The molecular formula is C21H43Cl4IKN2OP. The molecule has 0 bridgehead atoms. The van der Waals surface area contributed by atoms with Crippen LogP contribution in [0.1, 0.15) is 73.1 Å². The summed E-state index contributed by atoms with van der Waals surface area (Å²) >= 11 is 19.7. The van der Waals surface area contributed by atoms with Crippen LogP contribution in [0.5, 0.6) is 0 Å². The predicted octanol–water partition coefficient (Wildman–Crippen LogP) is 2.32. The van der Waals surface area contributed by atoms with Crippen molar-refractivity contribution in [3.8, 4) is 0 Å². The SMILES string of the molecule is CC(C)CCN1CCC(C)CC1.CC(Cl)CCN1CCC(C)CC1.O=P(Cl)(Cl)Cl.[I-].[K+]. The maximum atomic E-state index is 9.51. The predicted molar refractivity (Wildman–Crippen MR) is 134 cm³/mol. The van der Waals surface area contributed by atoms with Gasteiger partial charge in [0, 0.05) is 5.38 Å². The van der Waals surface area contributed by atoms with E-state index in [2.05, 4.69) is 78.1 Å². The zero-order valence-corrected chi connectivity index (χ0v) is 29.6. The van der Waals surface area contributed by atoms with Crippen LogP contribution < -0.4 is 75.4 Å². The second-order valence-electron chi connectivity index (χ2n) is 9.20. The molecule has 2 rings (SSSR count).